The van der Waals surface area contributed by atoms with Gasteiger partial charge in [-0.25, -0.2) is 4.98 Å². The van der Waals surface area contributed by atoms with Gasteiger partial charge >= 0.3 is 0 Å². The Hall–Kier alpha value is -3.38. The lowest BCUT2D eigenvalue weighted by Crippen LogP contribution is -2.28. The molecular weight excluding hydrogens is 364 g/mol. The molecule has 0 fully saturated rings. The Kier molecular flexibility index (Phi) is 4.48. The second-order valence-corrected chi connectivity index (χ2v) is 6.43. The van der Waals surface area contributed by atoms with Crippen LogP contribution in [-0.2, 0) is 11.3 Å². The summed E-state index contributed by atoms with van der Waals surface area (Å²) < 4.78 is 3.15. The largest absolute Gasteiger partial charge is 0.323 e. The SMILES string of the molecule is O=C(Cn1cnc2ccccc2c1=O)Nc1ccc(Cl)cc1-n1cccc1. The van der Waals surface area contributed by atoms with Gasteiger partial charge in [0.25, 0.3) is 5.56 Å². The summed E-state index contributed by atoms with van der Waals surface area (Å²) in [6, 6.07) is 16.0. The van der Waals surface area contributed by atoms with Crippen LogP contribution in [0.4, 0.5) is 5.69 Å². The molecule has 0 radical (unpaired) electrons. The molecule has 0 aliphatic heterocycles. The highest BCUT2D eigenvalue weighted by Gasteiger charge is 2.11. The number of carbonyl (C=O) groups excluding carboxylic acids is 1. The number of nitrogens with one attached hydrogen (secondary N) is 1. The van der Waals surface area contributed by atoms with Crippen LogP contribution < -0.4 is 10.9 Å². The molecule has 7 heteroatoms. The van der Waals surface area contributed by atoms with E-state index in [2.05, 4.69) is 10.3 Å². The number of hydrogen-bond donors (Lipinski definition) is 1. The van der Waals surface area contributed by atoms with Gasteiger partial charge < -0.3 is 9.88 Å². The quantitative estimate of drug-likeness (QED) is 0.591. The number of carbonyl (C=O) groups is 1. The summed E-state index contributed by atoms with van der Waals surface area (Å²) in [4.78, 5) is 29.3. The van der Waals surface area contributed by atoms with Crippen molar-refractivity contribution in [3.05, 3.63) is 88.7 Å². The van der Waals surface area contributed by atoms with Crippen molar-refractivity contribution in [3.63, 3.8) is 0 Å². The van der Waals surface area contributed by atoms with Gasteiger partial charge in [-0.15, -0.1) is 0 Å². The lowest BCUT2D eigenvalue weighted by atomic mass is 10.2. The third-order valence-corrected chi connectivity index (χ3v) is 4.40. The molecule has 6 nitrogen and oxygen atoms in total. The zero-order chi connectivity index (χ0) is 18.8. The molecule has 134 valence electrons. The van der Waals surface area contributed by atoms with Gasteiger partial charge in [0, 0.05) is 17.4 Å². The first kappa shape index (κ1) is 17.1. The standard InChI is InChI=1S/C20H15ClN4O2/c21-14-7-8-17(18(11-14)24-9-3-4-10-24)23-19(26)12-25-13-22-16-6-2-1-5-15(16)20(25)27/h1-11,13H,12H2,(H,23,26). The highest BCUT2D eigenvalue weighted by molar-refractivity contribution is 6.30. The third-order valence-electron chi connectivity index (χ3n) is 4.16. The van der Waals surface area contributed by atoms with Gasteiger partial charge in [0.15, 0.2) is 0 Å². The summed E-state index contributed by atoms with van der Waals surface area (Å²) in [7, 11) is 0. The summed E-state index contributed by atoms with van der Waals surface area (Å²) in [5, 5.41) is 3.88. The van der Waals surface area contributed by atoms with E-state index in [1.54, 1.807) is 36.4 Å². The van der Waals surface area contributed by atoms with Crippen LogP contribution in [0.5, 0.6) is 0 Å². The normalized spacial score (nSPS) is 10.9. The second kappa shape index (κ2) is 7.09. The summed E-state index contributed by atoms with van der Waals surface area (Å²) in [5.74, 6) is -0.329. The van der Waals surface area contributed by atoms with E-state index >= 15 is 0 Å². The molecule has 27 heavy (non-hydrogen) atoms. The molecule has 4 rings (SSSR count). The van der Waals surface area contributed by atoms with Gasteiger partial charge in [-0.3, -0.25) is 14.2 Å². The van der Waals surface area contributed by atoms with Crippen molar-refractivity contribution >= 4 is 34.1 Å². The molecule has 2 aromatic heterocycles. The van der Waals surface area contributed by atoms with Crippen molar-refractivity contribution in [1.29, 1.82) is 0 Å². The Morgan fingerprint density at radius 2 is 1.85 bits per heavy atom. The number of para-hydroxylation sites is 1. The first-order chi connectivity index (χ1) is 13.1. The zero-order valence-electron chi connectivity index (χ0n) is 14.2. The van der Waals surface area contributed by atoms with Crippen molar-refractivity contribution < 1.29 is 4.79 Å². The van der Waals surface area contributed by atoms with Crippen molar-refractivity contribution in [1.82, 2.24) is 14.1 Å². The van der Waals surface area contributed by atoms with E-state index in [0.29, 0.717) is 21.6 Å². The van der Waals surface area contributed by atoms with Gasteiger partial charge in [0.2, 0.25) is 5.91 Å². The van der Waals surface area contributed by atoms with Crippen LogP contribution in [0.3, 0.4) is 0 Å². The number of hydrogen-bond acceptors (Lipinski definition) is 3. The highest BCUT2D eigenvalue weighted by atomic mass is 35.5. The molecule has 0 saturated heterocycles. The molecule has 0 aliphatic rings. The molecule has 1 amide bonds. The first-order valence-electron chi connectivity index (χ1n) is 8.29. The smallest absolute Gasteiger partial charge is 0.261 e. The second-order valence-electron chi connectivity index (χ2n) is 5.99. The number of aromatic nitrogens is 3. The molecule has 0 atom stereocenters. The fourth-order valence-electron chi connectivity index (χ4n) is 2.88. The minimum atomic E-state index is -0.329. The number of rotatable bonds is 4. The fraction of sp³-hybridized carbons (Fsp3) is 0.0500. The van der Waals surface area contributed by atoms with E-state index in [1.165, 1.54) is 10.9 Å². The van der Waals surface area contributed by atoms with Crippen LogP contribution in [0, 0.1) is 0 Å². The number of fused-ring (bicyclic) bond motifs is 1. The maximum absolute atomic E-state index is 12.5. The lowest BCUT2D eigenvalue weighted by molar-refractivity contribution is -0.116. The topological polar surface area (TPSA) is 68.9 Å². The zero-order valence-corrected chi connectivity index (χ0v) is 14.9. The minimum absolute atomic E-state index is 0.135. The molecule has 0 aliphatic carbocycles. The van der Waals surface area contributed by atoms with Gasteiger partial charge in [0.05, 0.1) is 28.6 Å². The average Bonchev–Trinajstić information content (AvgIpc) is 3.20. The molecular formula is C20H15ClN4O2. The first-order valence-corrected chi connectivity index (χ1v) is 8.66. The molecule has 0 saturated carbocycles. The predicted molar refractivity (Wildman–Crippen MR) is 105 cm³/mol. The van der Waals surface area contributed by atoms with Crippen LogP contribution in [0.15, 0.2) is 78.1 Å². The third kappa shape index (κ3) is 3.47. The summed E-state index contributed by atoms with van der Waals surface area (Å²) in [6.07, 6.45) is 5.11. The van der Waals surface area contributed by atoms with Gasteiger partial charge in [-0.1, -0.05) is 23.7 Å². The van der Waals surface area contributed by atoms with E-state index in [9.17, 15) is 9.59 Å². The summed E-state index contributed by atoms with van der Waals surface area (Å²) in [6.45, 7) is -0.135. The Morgan fingerprint density at radius 3 is 2.67 bits per heavy atom. The van der Waals surface area contributed by atoms with E-state index in [4.69, 9.17) is 11.6 Å². The van der Waals surface area contributed by atoms with E-state index in [1.807, 2.05) is 35.2 Å². The highest BCUT2D eigenvalue weighted by Crippen LogP contribution is 2.24. The van der Waals surface area contributed by atoms with Crippen LogP contribution in [0.2, 0.25) is 5.02 Å². The Bertz CT molecular complexity index is 1180. The van der Waals surface area contributed by atoms with Gasteiger partial charge in [-0.05, 0) is 42.5 Å². The van der Waals surface area contributed by atoms with E-state index < -0.39 is 0 Å². The molecule has 0 unspecified atom stereocenters. The Labute approximate surface area is 159 Å². The number of benzene rings is 2. The van der Waals surface area contributed by atoms with Crippen molar-refractivity contribution in [2.75, 3.05) is 5.32 Å². The molecule has 4 aromatic rings. The van der Waals surface area contributed by atoms with Crippen molar-refractivity contribution in [2.24, 2.45) is 0 Å². The number of halogens is 1. The minimum Gasteiger partial charge on any atom is -0.323 e. The van der Waals surface area contributed by atoms with Crippen LogP contribution >= 0.6 is 11.6 Å². The molecule has 2 aromatic carbocycles. The predicted octanol–water partition coefficient (Wildman–Crippen LogP) is 3.48. The number of nitrogens with zero attached hydrogens (tertiary/aromatic N) is 3. The van der Waals surface area contributed by atoms with E-state index in [0.717, 1.165) is 5.69 Å². The lowest BCUT2D eigenvalue weighted by Gasteiger charge is -2.13. The van der Waals surface area contributed by atoms with Crippen molar-refractivity contribution in [2.45, 2.75) is 6.54 Å². The summed E-state index contributed by atoms with van der Waals surface area (Å²) in [5.41, 5.74) is 1.69. The van der Waals surface area contributed by atoms with Crippen LogP contribution in [0.25, 0.3) is 16.6 Å². The number of amides is 1. The fourth-order valence-corrected chi connectivity index (χ4v) is 3.05. The van der Waals surface area contributed by atoms with Gasteiger partial charge in [0.1, 0.15) is 6.54 Å². The average molecular weight is 379 g/mol. The van der Waals surface area contributed by atoms with Crippen LogP contribution in [0.1, 0.15) is 0 Å². The molecule has 1 N–H and O–H groups in total. The monoisotopic (exact) mass is 378 g/mol. The molecule has 0 spiro atoms. The Morgan fingerprint density at radius 1 is 1.07 bits per heavy atom. The van der Waals surface area contributed by atoms with E-state index in [-0.39, 0.29) is 18.0 Å². The van der Waals surface area contributed by atoms with Gasteiger partial charge in [-0.2, -0.15) is 0 Å². The molecule has 2 heterocycles. The molecule has 0 bridgehead atoms. The number of anilines is 1. The maximum Gasteiger partial charge on any atom is 0.261 e. The van der Waals surface area contributed by atoms with Crippen LogP contribution in [-0.4, -0.2) is 20.0 Å². The maximum atomic E-state index is 12.5. The summed E-state index contributed by atoms with van der Waals surface area (Å²) >= 11 is 6.10. The van der Waals surface area contributed by atoms with Crippen molar-refractivity contribution in [3.8, 4) is 5.69 Å². The Balaban J connectivity index is 1.61.